The van der Waals surface area contributed by atoms with E-state index in [0.717, 1.165) is 48.6 Å². The lowest BCUT2D eigenvalue weighted by molar-refractivity contribution is 0.215. The zero-order valence-electron chi connectivity index (χ0n) is 21.1. The molecule has 2 aliphatic heterocycles. The molecule has 2 aromatic heterocycles. The number of hydrogen-bond acceptors (Lipinski definition) is 8. The summed E-state index contributed by atoms with van der Waals surface area (Å²) in [5, 5.41) is 11.2. The Bertz CT molecular complexity index is 1530. The summed E-state index contributed by atoms with van der Waals surface area (Å²) in [5.41, 5.74) is 4.76. The van der Waals surface area contributed by atoms with Gasteiger partial charge in [0.15, 0.2) is 0 Å². The number of benzene rings is 2. The molecule has 1 N–H and O–H groups in total. The Morgan fingerprint density at radius 1 is 0.947 bits per heavy atom. The molecule has 1 saturated heterocycles. The molecule has 10 heteroatoms. The molecule has 0 bridgehead atoms. The maximum Gasteiger partial charge on any atom is 0.243 e. The van der Waals surface area contributed by atoms with Gasteiger partial charge in [-0.05, 0) is 66.2 Å². The van der Waals surface area contributed by atoms with Crippen LogP contribution in [0.4, 0.5) is 5.69 Å². The molecule has 4 aromatic rings. The summed E-state index contributed by atoms with van der Waals surface area (Å²) in [6.45, 7) is 4.36. The minimum absolute atomic E-state index is 0.203. The number of nitrogens with zero attached hydrogens (tertiary/aromatic N) is 5. The average molecular weight is 532 g/mol. The van der Waals surface area contributed by atoms with E-state index < -0.39 is 16.1 Å². The van der Waals surface area contributed by atoms with Gasteiger partial charge in [-0.2, -0.15) is 4.31 Å². The van der Waals surface area contributed by atoms with Gasteiger partial charge in [-0.15, -0.1) is 0 Å². The first kappa shape index (κ1) is 24.7. The van der Waals surface area contributed by atoms with E-state index in [1.54, 1.807) is 36.7 Å². The van der Waals surface area contributed by atoms with Crippen LogP contribution in [0.2, 0.25) is 0 Å². The minimum atomic E-state index is -3.72. The van der Waals surface area contributed by atoms with Crippen molar-refractivity contribution in [3.63, 3.8) is 0 Å². The molecule has 2 aromatic carbocycles. The summed E-state index contributed by atoms with van der Waals surface area (Å²) in [6, 6.07) is 16.3. The Kier molecular flexibility index (Phi) is 6.48. The fourth-order valence-electron chi connectivity index (χ4n) is 5.00. The first-order valence-electron chi connectivity index (χ1n) is 12.6. The van der Waals surface area contributed by atoms with E-state index in [9.17, 15) is 13.5 Å². The summed E-state index contributed by atoms with van der Waals surface area (Å²) >= 11 is 0. The van der Waals surface area contributed by atoms with Gasteiger partial charge in [0.05, 0.1) is 16.8 Å². The smallest absolute Gasteiger partial charge is 0.243 e. The lowest BCUT2D eigenvalue weighted by Crippen LogP contribution is -2.44. The SMILES string of the molecule is CN1CCN(c2cccc(C(O)c3cc4c(cn3)CN(S(=O)(=O)c3ccc(-c5ncco5)cc3)C4)c2)CC1. The Labute approximate surface area is 222 Å². The number of aliphatic hydroxyl groups excluding tert-OH is 1. The number of likely N-dealkylation sites (N-methyl/N-ethyl adjacent to an activating group) is 1. The summed E-state index contributed by atoms with van der Waals surface area (Å²) in [6.07, 6.45) is 3.80. The monoisotopic (exact) mass is 531 g/mol. The number of fused-ring (bicyclic) bond motifs is 1. The number of pyridine rings is 1. The van der Waals surface area contributed by atoms with Gasteiger partial charge in [0, 0.05) is 56.7 Å². The Hall–Kier alpha value is -3.57. The van der Waals surface area contributed by atoms with Gasteiger partial charge in [-0.25, -0.2) is 13.4 Å². The molecule has 0 amide bonds. The van der Waals surface area contributed by atoms with Crippen LogP contribution in [-0.4, -0.2) is 65.9 Å². The zero-order valence-corrected chi connectivity index (χ0v) is 21.9. The molecule has 1 fully saturated rings. The molecule has 1 unspecified atom stereocenters. The van der Waals surface area contributed by atoms with Gasteiger partial charge >= 0.3 is 0 Å². The third kappa shape index (κ3) is 4.71. The van der Waals surface area contributed by atoms with E-state index in [0.29, 0.717) is 17.1 Å². The lowest BCUT2D eigenvalue weighted by atomic mass is 10.0. The molecule has 38 heavy (non-hydrogen) atoms. The van der Waals surface area contributed by atoms with Gasteiger partial charge in [-0.1, -0.05) is 12.1 Å². The quantitative estimate of drug-likeness (QED) is 0.405. The van der Waals surface area contributed by atoms with Crippen LogP contribution in [0.5, 0.6) is 0 Å². The molecule has 0 aliphatic carbocycles. The highest BCUT2D eigenvalue weighted by molar-refractivity contribution is 7.89. The first-order chi connectivity index (χ1) is 18.4. The van der Waals surface area contributed by atoms with Gasteiger partial charge in [-0.3, -0.25) is 4.98 Å². The van der Waals surface area contributed by atoms with Gasteiger partial charge in [0.25, 0.3) is 0 Å². The summed E-state index contributed by atoms with van der Waals surface area (Å²) < 4.78 is 33.4. The lowest BCUT2D eigenvalue weighted by Gasteiger charge is -2.34. The highest BCUT2D eigenvalue weighted by Gasteiger charge is 2.31. The second-order valence-corrected chi connectivity index (χ2v) is 11.7. The van der Waals surface area contributed by atoms with E-state index in [1.807, 2.05) is 24.3 Å². The molecule has 196 valence electrons. The van der Waals surface area contributed by atoms with Gasteiger partial charge < -0.3 is 19.3 Å². The van der Waals surface area contributed by atoms with Crippen LogP contribution in [0.3, 0.4) is 0 Å². The maximum atomic E-state index is 13.4. The molecule has 2 aliphatic rings. The molecule has 0 spiro atoms. The molecule has 0 saturated carbocycles. The van der Waals surface area contributed by atoms with Crippen molar-refractivity contribution >= 4 is 15.7 Å². The number of aliphatic hydroxyl groups is 1. The van der Waals surface area contributed by atoms with Crippen molar-refractivity contribution in [3.8, 4) is 11.5 Å². The minimum Gasteiger partial charge on any atom is -0.445 e. The topological polar surface area (TPSA) is 103 Å². The van der Waals surface area contributed by atoms with Crippen molar-refractivity contribution in [1.82, 2.24) is 19.2 Å². The fourth-order valence-corrected chi connectivity index (χ4v) is 6.40. The fraction of sp³-hybridized carbons (Fsp3) is 0.286. The second-order valence-electron chi connectivity index (χ2n) is 9.80. The number of sulfonamides is 1. The van der Waals surface area contributed by atoms with Crippen LogP contribution in [-0.2, 0) is 23.1 Å². The zero-order chi connectivity index (χ0) is 26.3. The summed E-state index contributed by atoms with van der Waals surface area (Å²) in [4.78, 5) is 13.4. The molecule has 4 heterocycles. The molecule has 6 rings (SSSR count). The number of hydrogen-bond donors (Lipinski definition) is 1. The van der Waals surface area contributed by atoms with Crippen LogP contribution >= 0.6 is 0 Å². The molecule has 9 nitrogen and oxygen atoms in total. The average Bonchev–Trinajstić information content (AvgIpc) is 3.64. The maximum absolute atomic E-state index is 13.4. The third-order valence-corrected chi connectivity index (χ3v) is 9.11. The Morgan fingerprint density at radius 2 is 1.71 bits per heavy atom. The Morgan fingerprint density at radius 3 is 2.45 bits per heavy atom. The van der Waals surface area contributed by atoms with Gasteiger partial charge in [0.2, 0.25) is 15.9 Å². The van der Waals surface area contributed by atoms with E-state index in [1.165, 1.54) is 10.6 Å². The normalized spacial score (nSPS) is 17.5. The number of anilines is 1. The summed E-state index contributed by atoms with van der Waals surface area (Å²) in [5.74, 6) is 0.439. The molecule has 1 atom stereocenters. The largest absolute Gasteiger partial charge is 0.445 e. The predicted molar refractivity (Wildman–Crippen MR) is 143 cm³/mol. The van der Waals surface area contributed by atoms with E-state index in [2.05, 4.69) is 32.9 Å². The van der Waals surface area contributed by atoms with Crippen molar-refractivity contribution < 1.29 is 17.9 Å². The second kappa shape index (κ2) is 9.95. The van der Waals surface area contributed by atoms with Crippen LogP contribution in [0.25, 0.3) is 11.5 Å². The van der Waals surface area contributed by atoms with Crippen LogP contribution in [0.15, 0.2) is 82.6 Å². The Balaban J connectivity index is 1.18. The van der Waals surface area contributed by atoms with Crippen molar-refractivity contribution in [3.05, 3.63) is 95.6 Å². The van der Waals surface area contributed by atoms with Crippen LogP contribution < -0.4 is 4.90 Å². The highest BCUT2D eigenvalue weighted by atomic mass is 32.2. The van der Waals surface area contributed by atoms with E-state index in [-0.39, 0.29) is 18.0 Å². The van der Waals surface area contributed by atoms with Crippen molar-refractivity contribution in [2.75, 3.05) is 38.1 Å². The first-order valence-corrected chi connectivity index (χ1v) is 14.0. The summed E-state index contributed by atoms with van der Waals surface area (Å²) in [7, 11) is -1.59. The molecule has 0 radical (unpaired) electrons. The standard InChI is InChI=1S/C28H29N5O4S/c1-31-10-12-32(13-11-31)24-4-2-3-21(15-24)27(34)26-16-22-18-33(19-23(22)17-30-26)38(35,36)25-7-5-20(6-8-25)28-29-9-14-37-28/h2-9,14-17,27,34H,10-13,18-19H2,1H3. The van der Waals surface area contributed by atoms with Crippen molar-refractivity contribution in [2.24, 2.45) is 0 Å². The molecular formula is C28H29N5O4S. The van der Waals surface area contributed by atoms with E-state index in [4.69, 9.17) is 4.42 Å². The molecular weight excluding hydrogens is 502 g/mol. The highest BCUT2D eigenvalue weighted by Crippen LogP contribution is 2.32. The number of piperazine rings is 1. The van der Waals surface area contributed by atoms with E-state index >= 15 is 0 Å². The number of aromatic nitrogens is 2. The predicted octanol–water partition coefficient (Wildman–Crippen LogP) is 3.27. The van der Waals surface area contributed by atoms with Crippen molar-refractivity contribution in [2.45, 2.75) is 24.1 Å². The van der Waals surface area contributed by atoms with Crippen LogP contribution in [0, 0.1) is 0 Å². The number of oxazole rings is 1. The van der Waals surface area contributed by atoms with Gasteiger partial charge in [0.1, 0.15) is 12.4 Å². The third-order valence-electron chi connectivity index (χ3n) is 7.30. The number of rotatable bonds is 6. The van der Waals surface area contributed by atoms with Crippen LogP contribution in [0.1, 0.15) is 28.5 Å². The van der Waals surface area contributed by atoms with Crippen molar-refractivity contribution in [1.29, 1.82) is 0 Å².